The van der Waals surface area contributed by atoms with E-state index in [1.807, 2.05) is 47.4 Å². The first-order chi connectivity index (χ1) is 16.7. The minimum Gasteiger partial charge on any atom is -0.489 e. The summed E-state index contributed by atoms with van der Waals surface area (Å²) in [6.45, 7) is 0.525. The Morgan fingerprint density at radius 3 is 2.44 bits per heavy atom. The standard InChI is InChI=1S/C30H28N2O2/c1-31-19-27(24-11-7-8-14-28(24)31)29-25-12-5-6-13-26(25)30(33)32(29)22-15-17-23(18-16-22)34-20-21-9-3-2-4-10-21/h2-4,7-11,14-19,29H,5-6,12-13,20H2,1H3. The summed E-state index contributed by atoms with van der Waals surface area (Å²) >= 11 is 0. The van der Waals surface area contributed by atoms with E-state index in [2.05, 4.69) is 54.2 Å². The SMILES string of the molecule is Cn1cc(C2C3=C(CCCC3)C(=O)N2c2ccc(OCc3ccccc3)cc2)c2ccccc21. The molecule has 3 aromatic carbocycles. The number of hydrogen-bond acceptors (Lipinski definition) is 2. The van der Waals surface area contributed by atoms with Crippen molar-refractivity contribution in [1.29, 1.82) is 0 Å². The van der Waals surface area contributed by atoms with Gasteiger partial charge in [0.15, 0.2) is 0 Å². The number of carbonyl (C=O) groups is 1. The quantitative estimate of drug-likeness (QED) is 0.340. The lowest BCUT2D eigenvalue weighted by Crippen LogP contribution is -2.30. The number of nitrogens with zero attached hydrogens (tertiary/aromatic N) is 2. The second kappa shape index (κ2) is 8.53. The molecule has 0 radical (unpaired) electrons. The molecule has 0 saturated heterocycles. The van der Waals surface area contributed by atoms with E-state index in [4.69, 9.17) is 4.74 Å². The van der Waals surface area contributed by atoms with E-state index >= 15 is 0 Å². The van der Waals surface area contributed by atoms with E-state index in [0.717, 1.165) is 48.3 Å². The van der Waals surface area contributed by atoms with Gasteiger partial charge in [-0.25, -0.2) is 0 Å². The highest BCUT2D eigenvalue weighted by atomic mass is 16.5. The van der Waals surface area contributed by atoms with Crippen molar-refractivity contribution in [3.8, 4) is 5.75 Å². The molecule has 4 nitrogen and oxygen atoms in total. The van der Waals surface area contributed by atoms with E-state index in [-0.39, 0.29) is 11.9 Å². The second-order valence-corrected chi connectivity index (χ2v) is 9.27. The molecule has 1 aromatic heterocycles. The Bertz CT molecular complexity index is 1380. The number of amides is 1. The van der Waals surface area contributed by atoms with Crippen molar-refractivity contribution in [3.63, 3.8) is 0 Å². The van der Waals surface area contributed by atoms with Crippen LogP contribution in [0.4, 0.5) is 5.69 Å². The monoisotopic (exact) mass is 448 g/mol. The lowest BCUT2D eigenvalue weighted by Gasteiger charge is -2.28. The van der Waals surface area contributed by atoms with Crippen LogP contribution in [-0.2, 0) is 18.4 Å². The minimum atomic E-state index is -0.0509. The molecule has 0 bridgehead atoms. The third-order valence-corrected chi connectivity index (χ3v) is 7.16. The predicted molar refractivity (Wildman–Crippen MR) is 136 cm³/mol. The van der Waals surface area contributed by atoms with Crippen molar-refractivity contribution in [2.75, 3.05) is 4.90 Å². The number of para-hydroxylation sites is 1. The van der Waals surface area contributed by atoms with Crippen molar-refractivity contribution in [2.24, 2.45) is 7.05 Å². The van der Waals surface area contributed by atoms with Gasteiger partial charge in [-0.05, 0) is 67.2 Å². The second-order valence-electron chi connectivity index (χ2n) is 9.27. The first kappa shape index (κ1) is 20.8. The summed E-state index contributed by atoms with van der Waals surface area (Å²) in [6.07, 6.45) is 6.31. The van der Waals surface area contributed by atoms with Gasteiger partial charge in [-0.2, -0.15) is 0 Å². The first-order valence-corrected chi connectivity index (χ1v) is 12.1. The number of carbonyl (C=O) groups excluding carboxylic acids is 1. The van der Waals surface area contributed by atoms with E-state index in [1.54, 1.807) is 0 Å². The summed E-state index contributed by atoms with van der Waals surface area (Å²) in [7, 11) is 2.09. The van der Waals surface area contributed by atoms with E-state index in [9.17, 15) is 4.79 Å². The minimum absolute atomic E-state index is 0.0509. The van der Waals surface area contributed by atoms with Gasteiger partial charge in [-0.3, -0.25) is 9.69 Å². The molecule has 2 aliphatic rings. The Morgan fingerprint density at radius 1 is 0.882 bits per heavy atom. The number of aromatic nitrogens is 1. The predicted octanol–water partition coefficient (Wildman–Crippen LogP) is 6.72. The smallest absolute Gasteiger partial charge is 0.255 e. The maximum Gasteiger partial charge on any atom is 0.255 e. The van der Waals surface area contributed by atoms with Crippen molar-refractivity contribution >= 4 is 22.5 Å². The summed E-state index contributed by atoms with van der Waals surface area (Å²) in [4.78, 5) is 15.7. The van der Waals surface area contributed by atoms with Crippen LogP contribution in [0, 0.1) is 0 Å². The molecule has 1 aliphatic heterocycles. The number of benzene rings is 3. The van der Waals surface area contributed by atoms with Crippen LogP contribution < -0.4 is 9.64 Å². The van der Waals surface area contributed by atoms with E-state index < -0.39 is 0 Å². The summed E-state index contributed by atoms with van der Waals surface area (Å²) in [5, 5.41) is 1.22. The number of fused-ring (bicyclic) bond motifs is 1. The van der Waals surface area contributed by atoms with Gasteiger partial charge in [0.1, 0.15) is 12.4 Å². The third kappa shape index (κ3) is 3.50. The van der Waals surface area contributed by atoms with Crippen molar-refractivity contribution < 1.29 is 9.53 Å². The average Bonchev–Trinajstić information content (AvgIpc) is 3.38. The Balaban J connectivity index is 1.35. The maximum absolute atomic E-state index is 13.7. The highest BCUT2D eigenvalue weighted by Gasteiger charge is 2.42. The van der Waals surface area contributed by atoms with Crippen LogP contribution in [0.2, 0.25) is 0 Å². The van der Waals surface area contributed by atoms with Crippen LogP contribution in [0.25, 0.3) is 10.9 Å². The van der Waals surface area contributed by atoms with E-state index in [0.29, 0.717) is 6.61 Å². The molecule has 0 N–H and O–H groups in total. The molecule has 1 unspecified atom stereocenters. The van der Waals surface area contributed by atoms with Crippen molar-refractivity contribution in [2.45, 2.75) is 38.3 Å². The molecule has 4 heteroatoms. The Labute approximate surface area is 200 Å². The summed E-state index contributed by atoms with van der Waals surface area (Å²) in [5.41, 5.74) is 6.78. The van der Waals surface area contributed by atoms with Gasteiger partial charge in [0, 0.05) is 41.0 Å². The van der Waals surface area contributed by atoms with Crippen LogP contribution in [0.15, 0.2) is 96.2 Å². The molecule has 170 valence electrons. The zero-order chi connectivity index (χ0) is 23.1. The Hall–Kier alpha value is -3.79. The zero-order valence-corrected chi connectivity index (χ0v) is 19.4. The van der Waals surface area contributed by atoms with Crippen LogP contribution in [0.1, 0.15) is 42.9 Å². The van der Waals surface area contributed by atoms with Gasteiger partial charge in [0.25, 0.3) is 5.91 Å². The lowest BCUT2D eigenvalue weighted by atomic mass is 9.87. The first-order valence-electron chi connectivity index (χ1n) is 12.1. The summed E-state index contributed by atoms with van der Waals surface area (Å²) < 4.78 is 8.16. The molecular weight excluding hydrogens is 420 g/mol. The van der Waals surface area contributed by atoms with Crippen LogP contribution in [0.3, 0.4) is 0 Å². The molecule has 1 atom stereocenters. The summed E-state index contributed by atoms with van der Waals surface area (Å²) in [5.74, 6) is 0.962. The number of ether oxygens (including phenoxy) is 1. The normalized spacial score (nSPS) is 18.0. The third-order valence-electron chi connectivity index (χ3n) is 7.16. The fraction of sp³-hybridized carbons (Fsp3) is 0.233. The molecular formula is C30H28N2O2. The number of rotatable bonds is 5. The number of anilines is 1. The van der Waals surface area contributed by atoms with Crippen LogP contribution in [-0.4, -0.2) is 10.5 Å². The van der Waals surface area contributed by atoms with E-state index in [1.165, 1.54) is 22.0 Å². The molecule has 0 spiro atoms. The summed E-state index contributed by atoms with van der Waals surface area (Å²) in [6, 6.07) is 26.6. The van der Waals surface area contributed by atoms with Gasteiger partial charge in [0.2, 0.25) is 0 Å². The Morgan fingerprint density at radius 2 is 1.62 bits per heavy atom. The zero-order valence-electron chi connectivity index (χ0n) is 19.4. The number of hydrogen-bond donors (Lipinski definition) is 0. The maximum atomic E-state index is 13.7. The average molecular weight is 449 g/mol. The molecule has 1 amide bonds. The molecule has 2 heterocycles. The Kier molecular flexibility index (Phi) is 5.21. The van der Waals surface area contributed by atoms with Crippen molar-refractivity contribution in [3.05, 3.63) is 107 Å². The largest absolute Gasteiger partial charge is 0.489 e. The van der Waals surface area contributed by atoms with Crippen molar-refractivity contribution in [1.82, 2.24) is 4.57 Å². The highest BCUT2D eigenvalue weighted by Crippen LogP contribution is 2.48. The number of aryl methyl sites for hydroxylation is 1. The van der Waals surface area contributed by atoms with Gasteiger partial charge >= 0.3 is 0 Å². The fourth-order valence-electron chi connectivity index (χ4n) is 5.52. The highest BCUT2D eigenvalue weighted by molar-refractivity contribution is 6.11. The lowest BCUT2D eigenvalue weighted by molar-refractivity contribution is -0.115. The molecule has 4 aromatic rings. The van der Waals surface area contributed by atoms with Crippen LogP contribution in [0.5, 0.6) is 5.75 Å². The van der Waals surface area contributed by atoms with Gasteiger partial charge in [0.05, 0.1) is 6.04 Å². The van der Waals surface area contributed by atoms with Gasteiger partial charge in [-0.15, -0.1) is 0 Å². The van der Waals surface area contributed by atoms with Crippen LogP contribution >= 0.6 is 0 Å². The molecule has 34 heavy (non-hydrogen) atoms. The van der Waals surface area contributed by atoms with Gasteiger partial charge in [-0.1, -0.05) is 48.5 Å². The fourth-order valence-corrected chi connectivity index (χ4v) is 5.52. The van der Waals surface area contributed by atoms with Gasteiger partial charge < -0.3 is 9.30 Å². The molecule has 0 saturated carbocycles. The molecule has 6 rings (SSSR count). The topological polar surface area (TPSA) is 34.5 Å². The molecule has 1 aliphatic carbocycles. The molecule has 0 fully saturated rings.